The molecule has 0 spiro atoms. The normalized spacial score (nSPS) is 25.7. The molecule has 0 saturated carbocycles. The fourth-order valence-corrected chi connectivity index (χ4v) is 3.98. The van der Waals surface area contributed by atoms with Crippen molar-refractivity contribution in [2.24, 2.45) is 11.8 Å². The Bertz CT molecular complexity index is 820. The van der Waals surface area contributed by atoms with Gasteiger partial charge in [-0.05, 0) is 47.7 Å². The molecule has 3 atom stereocenters. The lowest BCUT2D eigenvalue weighted by atomic mass is 9.84. The Kier molecular flexibility index (Phi) is 3.87. The van der Waals surface area contributed by atoms with Crippen molar-refractivity contribution in [2.45, 2.75) is 12.5 Å². The van der Waals surface area contributed by atoms with Crippen LogP contribution in [0.25, 0.3) is 0 Å². The zero-order valence-corrected chi connectivity index (χ0v) is 14.2. The summed E-state index contributed by atoms with van der Waals surface area (Å²) < 4.78 is 27.7. The second-order valence-electron chi connectivity index (χ2n) is 6.86. The van der Waals surface area contributed by atoms with Crippen LogP contribution in [0.2, 0.25) is 0 Å². The molecule has 2 aromatic carbocycles. The maximum absolute atomic E-state index is 10.0. The molecule has 0 radical (unpaired) electrons. The summed E-state index contributed by atoms with van der Waals surface area (Å²) in [5.41, 5.74) is 2.18. The summed E-state index contributed by atoms with van der Waals surface area (Å²) in [5, 5.41) is 10.0. The Morgan fingerprint density at radius 1 is 0.846 bits per heavy atom. The molecule has 3 aliphatic rings. The fourth-order valence-electron chi connectivity index (χ4n) is 3.98. The van der Waals surface area contributed by atoms with Gasteiger partial charge in [-0.1, -0.05) is 12.1 Å². The predicted molar refractivity (Wildman–Crippen MR) is 91.6 cm³/mol. The highest BCUT2D eigenvalue weighted by Gasteiger charge is 2.38. The van der Waals surface area contributed by atoms with Gasteiger partial charge in [-0.2, -0.15) is 0 Å². The van der Waals surface area contributed by atoms with Gasteiger partial charge >= 0.3 is 0 Å². The lowest BCUT2D eigenvalue weighted by molar-refractivity contribution is 0.0717. The zero-order valence-electron chi connectivity index (χ0n) is 14.2. The number of aliphatic hydroxyl groups excluding tert-OH is 1. The van der Waals surface area contributed by atoms with Crippen LogP contribution < -0.4 is 18.9 Å². The van der Waals surface area contributed by atoms with Gasteiger partial charge in [0.05, 0.1) is 12.7 Å². The van der Waals surface area contributed by atoms with Gasteiger partial charge in [-0.25, -0.2) is 0 Å². The maximum atomic E-state index is 10.0. The van der Waals surface area contributed by atoms with Crippen LogP contribution >= 0.6 is 0 Å². The lowest BCUT2D eigenvalue weighted by Gasteiger charge is -2.21. The minimum atomic E-state index is -0.145. The molecule has 26 heavy (non-hydrogen) atoms. The van der Waals surface area contributed by atoms with Crippen molar-refractivity contribution in [2.75, 3.05) is 26.8 Å². The number of ether oxygens (including phenoxy) is 5. The van der Waals surface area contributed by atoms with E-state index in [1.165, 1.54) is 0 Å². The number of benzene rings is 2. The highest BCUT2D eigenvalue weighted by atomic mass is 16.7. The second-order valence-corrected chi connectivity index (χ2v) is 6.86. The molecule has 0 bridgehead atoms. The third-order valence-electron chi connectivity index (χ3n) is 5.36. The lowest BCUT2D eigenvalue weighted by Crippen LogP contribution is -2.21. The second kappa shape index (κ2) is 6.37. The molecule has 0 aliphatic carbocycles. The molecule has 3 heterocycles. The van der Waals surface area contributed by atoms with E-state index in [4.69, 9.17) is 23.7 Å². The summed E-state index contributed by atoms with van der Waals surface area (Å²) >= 11 is 0. The van der Waals surface area contributed by atoms with Crippen molar-refractivity contribution < 1.29 is 28.8 Å². The molecule has 1 N–H and O–H groups in total. The predicted octanol–water partition coefficient (Wildman–Crippen LogP) is 2.68. The van der Waals surface area contributed by atoms with Gasteiger partial charge in [0.15, 0.2) is 23.0 Å². The van der Waals surface area contributed by atoms with E-state index in [0.717, 1.165) is 40.5 Å². The Morgan fingerprint density at radius 2 is 1.54 bits per heavy atom. The molecular weight excluding hydrogens is 336 g/mol. The van der Waals surface area contributed by atoms with E-state index in [-0.39, 0.29) is 38.1 Å². The van der Waals surface area contributed by atoms with Crippen LogP contribution in [0, 0.1) is 11.8 Å². The maximum Gasteiger partial charge on any atom is 0.231 e. The van der Waals surface area contributed by atoms with Crippen molar-refractivity contribution in [1.82, 2.24) is 0 Å². The van der Waals surface area contributed by atoms with Gasteiger partial charge in [0.1, 0.15) is 0 Å². The molecule has 0 amide bonds. The molecule has 6 nitrogen and oxygen atoms in total. The number of fused-ring (bicyclic) bond motifs is 2. The molecule has 2 aromatic rings. The van der Waals surface area contributed by atoms with E-state index in [1.807, 2.05) is 30.3 Å². The fraction of sp³-hybridized carbons (Fsp3) is 0.400. The smallest absolute Gasteiger partial charge is 0.231 e. The van der Waals surface area contributed by atoms with E-state index in [9.17, 15) is 5.11 Å². The van der Waals surface area contributed by atoms with Gasteiger partial charge in [-0.15, -0.1) is 0 Å². The van der Waals surface area contributed by atoms with Crippen LogP contribution in [-0.2, 0) is 11.2 Å². The van der Waals surface area contributed by atoms with E-state index >= 15 is 0 Å². The molecule has 5 rings (SSSR count). The zero-order chi connectivity index (χ0) is 17.5. The average molecular weight is 356 g/mol. The van der Waals surface area contributed by atoms with E-state index in [0.29, 0.717) is 6.61 Å². The summed E-state index contributed by atoms with van der Waals surface area (Å²) in [6.45, 7) is 1.21. The Balaban J connectivity index is 1.35. The van der Waals surface area contributed by atoms with Crippen molar-refractivity contribution >= 4 is 0 Å². The monoisotopic (exact) mass is 356 g/mol. The molecule has 1 saturated heterocycles. The van der Waals surface area contributed by atoms with Gasteiger partial charge in [0.2, 0.25) is 13.6 Å². The number of hydrogen-bond donors (Lipinski definition) is 1. The first-order valence-corrected chi connectivity index (χ1v) is 8.82. The summed E-state index contributed by atoms with van der Waals surface area (Å²) in [6.07, 6.45) is 0.677. The first kappa shape index (κ1) is 15.8. The summed E-state index contributed by atoms with van der Waals surface area (Å²) in [4.78, 5) is 0. The first-order valence-electron chi connectivity index (χ1n) is 8.82. The van der Waals surface area contributed by atoms with Gasteiger partial charge in [-0.3, -0.25) is 0 Å². The molecular formula is C20H20O6. The minimum absolute atomic E-state index is 0.0285. The Hall–Kier alpha value is -2.44. The molecule has 1 unspecified atom stereocenters. The van der Waals surface area contributed by atoms with E-state index in [2.05, 4.69) is 6.07 Å². The summed E-state index contributed by atoms with van der Waals surface area (Å²) in [5.74, 6) is 3.32. The largest absolute Gasteiger partial charge is 0.454 e. The molecule has 0 aromatic heterocycles. The average Bonchev–Trinajstić information content (AvgIpc) is 3.39. The van der Waals surface area contributed by atoms with Crippen LogP contribution in [0.4, 0.5) is 0 Å². The molecule has 136 valence electrons. The van der Waals surface area contributed by atoms with Crippen LogP contribution in [0.15, 0.2) is 36.4 Å². The van der Waals surface area contributed by atoms with Gasteiger partial charge in [0, 0.05) is 12.5 Å². The van der Waals surface area contributed by atoms with E-state index in [1.54, 1.807) is 0 Å². The Labute approximate surface area is 151 Å². The van der Waals surface area contributed by atoms with Crippen molar-refractivity contribution in [1.29, 1.82) is 0 Å². The first-order chi connectivity index (χ1) is 12.8. The number of hydrogen-bond acceptors (Lipinski definition) is 6. The molecule has 1 fully saturated rings. The minimum Gasteiger partial charge on any atom is -0.454 e. The van der Waals surface area contributed by atoms with Crippen molar-refractivity contribution in [3.8, 4) is 23.0 Å². The third kappa shape index (κ3) is 2.66. The highest BCUT2D eigenvalue weighted by molar-refractivity contribution is 5.46. The van der Waals surface area contributed by atoms with Crippen molar-refractivity contribution in [3.05, 3.63) is 47.5 Å². The highest BCUT2D eigenvalue weighted by Crippen LogP contribution is 2.43. The van der Waals surface area contributed by atoms with E-state index < -0.39 is 0 Å². The number of aliphatic hydroxyl groups is 1. The van der Waals surface area contributed by atoms with Crippen LogP contribution in [0.5, 0.6) is 23.0 Å². The summed E-state index contributed by atoms with van der Waals surface area (Å²) in [6, 6.07) is 11.9. The SMILES string of the molecule is OC[C@@H]1C(c2ccc3c(c2)OCO3)OC[C@@H]1Cc1ccc2c(c1)OCO2. The molecule has 3 aliphatic heterocycles. The topological polar surface area (TPSA) is 66.4 Å². The standard InChI is InChI=1S/C20H20O6/c21-8-15-14(5-12-1-3-16-18(6-12)25-10-23-16)9-22-20(15)13-2-4-17-19(7-13)26-11-24-17/h1-4,6-7,14-15,20-21H,5,8-11H2/t14-,15-,20?/m0/s1. The quantitative estimate of drug-likeness (QED) is 0.909. The van der Waals surface area contributed by atoms with Crippen molar-refractivity contribution in [3.63, 3.8) is 0 Å². The summed E-state index contributed by atoms with van der Waals surface area (Å²) in [7, 11) is 0. The molecule has 6 heteroatoms. The van der Waals surface area contributed by atoms with Crippen LogP contribution in [0.3, 0.4) is 0 Å². The third-order valence-corrected chi connectivity index (χ3v) is 5.36. The Morgan fingerprint density at radius 3 is 2.31 bits per heavy atom. The van der Waals surface area contributed by atoms with Gasteiger partial charge in [0.25, 0.3) is 0 Å². The van der Waals surface area contributed by atoms with Gasteiger partial charge < -0.3 is 28.8 Å². The van der Waals surface area contributed by atoms with Crippen LogP contribution in [-0.4, -0.2) is 31.9 Å². The van der Waals surface area contributed by atoms with Crippen LogP contribution in [0.1, 0.15) is 17.2 Å². The number of rotatable bonds is 4.